The maximum Gasteiger partial charge on any atom is 0.227 e. The van der Waals surface area contributed by atoms with E-state index in [-0.39, 0.29) is 11.8 Å². The van der Waals surface area contributed by atoms with Crippen molar-refractivity contribution in [2.45, 2.75) is 36.2 Å². The maximum absolute atomic E-state index is 13.0. The number of aromatic nitrogens is 3. The monoisotopic (exact) mass is 465 g/mol. The molecule has 3 aromatic rings. The molecule has 1 atom stereocenters. The van der Waals surface area contributed by atoms with Crippen LogP contribution in [0, 0.1) is 0 Å². The van der Waals surface area contributed by atoms with E-state index in [1.807, 2.05) is 43.0 Å². The maximum atomic E-state index is 13.0. The van der Waals surface area contributed by atoms with Crippen molar-refractivity contribution in [1.82, 2.24) is 14.8 Å². The van der Waals surface area contributed by atoms with E-state index < -0.39 is 0 Å². The lowest BCUT2D eigenvalue weighted by molar-refractivity contribution is -0.116. The van der Waals surface area contributed by atoms with E-state index in [2.05, 4.69) is 34.5 Å². The van der Waals surface area contributed by atoms with Gasteiger partial charge in [-0.15, -0.1) is 5.10 Å². The molecule has 0 saturated carbocycles. The SMILES string of the molecule is CN(C)c1ccc(C2C3=C(CCCC3=O)Nc3nc(SCc4ccccc4Cl)nn32)cc1. The summed E-state index contributed by atoms with van der Waals surface area (Å²) >= 11 is 7.85. The van der Waals surface area contributed by atoms with Gasteiger partial charge in [-0.05, 0) is 42.2 Å². The second-order valence-electron chi connectivity index (χ2n) is 8.23. The molecule has 0 bridgehead atoms. The number of fused-ring (bicyclic) bond motifs is 1. The predicted molar refractivity (Wildman–Crippen MR) is 129 cm³/mol. The summed E-state index contributed by atoms with van der Waals surface area (Å²) in [5.41, 5.74) is 4.98. The highest BCUT2D eigenvalue weighted by Gasteiger charge is 2.36. The van der Waals surface area contributed by atoms with Crippen LogP contribution < -0.4 is 10.2 Å². The van der Waals surface area contributed by atoms with Gasteiger partial charge < -0.3 is 10.2 Å². The first-order chi connectivity index (χ1) is 15.5. The van der Waals surface area contributed by atoms with E-state index in [1.54, 1.807) is 11.8 Å². The number of allylic oxidation sites excluding steroid dienone is 2. The fourth-order valence-electron chi connectivity index (χ4n) is 4.22. The summed E-state index contributed by atoms with van der Waals surface area (Å²) in [5, 5.41) is 9.59. The first-order valence-electron chi connectivity index (χ1n) is 10.6. The minimum atomic E-state index is -0.271. The van der Waals surface area contributed by atoms with Gasteiger partial charge in [-0.25, -0.2) is 4.68 Å². The van der Waals surface area contributed by atoms with Crippen LogP contribution in [0.5, 0.6) is 0 Å². The average Bonchev–Trinajstić information content (AvgIpc) is 3.20. The Balaban J connectivity index is 1.50. The van der Waals surface area contributed by atoms with Gasteiger partial charge in [0.1, 0.15) is 6.04 Å². The van der Waals surface area contributed by atoms with Gasteiger partial charge in [0.05, 0.1) is 0 Å². The Morgan fingerprint density at radius 1 is 1.16 bits per heavy atom. The zero-order valence-electron chi connectivity index (χ0n) is 18.0. The van der Waals surface area contributed by atoms with Crippen molar-refractivity contribution in [2.75, 3.05) is 24.3 Å². The van der Waals surface area contributed by atoms with Crippen LogP contribution in [-0.4, -0.2) is 34.6 Å². The average molecular weight is 466 g/mol. The molecule has 32 heavy (non-hydrogen) atoms. The molecule has 0 amide bonds. The summed E-state index contributed by atoms with van der Waals surface area (Å²) in [6, 6.07) is 15.9. The Labute approximate surface area is 196 Å². The minimum absolute atomic E-state index is 0.187. The number of thioether (sulfide) groups is 1. The molecule has 0 saturated heterocycles. The van der Waals surface area contributed by atoms with Crippen molar-refractivity contribution in [3.05, 3.63) is 76.0 Å². The molecule has 0 radical (unpaired) electrons. The van der Waals surface area contributed by atoms with Crippen molar-refractivity contribution in [3.63, 3.8) is 0 Å². The quantitative estimate of drug-likeness (QED) is 0.515. The molecule has 1 N–H and O–H groups in total. The molecule has 2 aliphatic rings. The molecule has 2 aromatic carbocycles. The molecule has 1 aromatic heterocycles. The number of carbonyl (C=O) groups excluding carboxylic acids is 1. The summed E-state index contributed by atoms with van der Waals surface area (Å²) in [5.74, 6) is 1.55. The highest BCUT2D eigenvalue weighted by Crippen LogP contribution is 2.41. The Morgan fingerprint density at radius 2 is 1.94 bits per heavy atom. The fourth-order valence-corrected chi connectivity index (χ4v) is 5.33. The summed E-state index contributed by atoms with van der Waals surface area (Å²) < 4.78 is 1.86. The van der Waals surface area contributed by atoms with Crippen LogP contribution >= 0.6 is 23.4 Å². The molecule has 8 heteroatoms. The van der Waals surface area contributed by atoms with Crippen molar-refractivity contribution in [1.29, 1.82) is 0 Å². The second kappa shape index (κ2) is 8.64. The van der Waals surface area contributed by atoms with Crippen LogP contribution in [0.1, 0.15) is 36.4 Å². The molecule has 1 aliphatic heterocycles. The summed E-state index contributed by atoms with van der Waals surface area (Å²) in [4.78, 5) is 19.8. The number of hydrogen-bond donors (Lipinski definition) is 1. The number of benzene rings is 2. The topological polar surface area (TPSA) is 63.1 Å². The lowest BCUT2D eigenvalue weighted by Gasteiger charge is -2.32. The number of nitrogens with one attached hydrogen (secondary N) is 1. The minimum Gasteiger partial charge on any atom is -0.378 e. The number of rotatable bonds is 5. The Kier molecular flexibility index (Phi) is 5.69. The number of nitrogens with zero attached hydrogens (tertiary/aromatic N) is 4. The third-order valence-corrected chi connectivity index (χ3v) is 7.14. The number of anilines is 2. The van der Waals surface area contributed by atoms with Crippen molar-refractivity contribution in [2.24, 2.45) is 0 Å². The molecule has 1 unspecified atom stereocenters. The van der Waals surface area contributed by atoms with E-state index in [0.29, 0.717) is 23.3 Å². The normalized spacial score (nSPS) is 17.6. The summed E-state index contributed by atoms with van der Waals surface area (Å²) in [6.45, 7) is 0. The van der Waals surface area contributed by atoms with Crippen molar-refractivity contribution >= 4 is 40.8 Å². The second-order valence-corrected chi connectivity index (χ2v) is 9.57. The first-order valence-corrected chi connectivity index (χ1v) is 12.0. The van der Waals surface area contributed by atoms with Gasteiger partial charge in [0, 0.05) is 48.2 Å². The van der Waals surface area contributed by atoms with Crippen LogP contribution in [0.25, 0.3) is 0 Å². The molecular weight excluding hydrogens is 442 g/mol. The summed E-state index contributed by atoms with van der Waals surface area (Å²) in [6.07, 6.45) is 2.28. The van der Waals surface area contributed by atoms with E-state index in [0.717, 1.165) is 45.9 Å². The molecule has 5 rings (SSSR count). The molecule has 2 heterocycles. The van der Waals surface area contributed by atoms with Gasteiger partial charge in [0.15, 0.2) is 5.78 Å². The van der Waals surface area contributed by atoms with Gasteiger partial charge in [0.2, 0.25) is 11.1 Å². The zero-order chi connectivity index (χ0) is 22.2. The number of hydrogen-bond acceptors (Lipinski definition) is 6. The Hall–Kier alpha value is -2.77. The van der Waals surface area contributed by atoms with Crippen LogP contribution in [0.4, 0.5) is 11.6 Å². The van der Waals surface area contributed by atoms with E-state index in [4.69, 9.17) is 21.7 Å². The number of ketones is 1. The van der Waals surface area contributed by atoms with Gasteiger partial charge >= 0.3 is 0 Å². The van der Waals surface area contributed by atoms with Crippen LogP contribution in [0.2, 0.25) is 5.02 Å². The summed E-state index contributed by atoms with van der Waals surface area (Å²) in [7, 11) is 4.03. The first kappa shape index (κ1) is 21.1. The van der Waals surface area contributed by atoms with Gasteiger partial charge in [-0.3, -0.25) is 4.79 Å². The number of carbonyl (C=O) groups is 1. The smallest absolute Gasteiger partial charge is 0.227 e. The molecule has 6 nitrogen and oxygen atoms in total. The lowest BCUT2D eigenvalue weighted by Crippen LogP contribution is -2.31. The third-order valence-electron chi connectivity index (χ3n) is 5.89. The van der Waals surface area contributed by atoms with Crippen LogP contribution in [0.3, 0.4) is 0 Å². The lowest BCUT2D eigenvalue weighted by atomic mass is 9.85. The number of Topliss-reactive ketones (excluding diaryl/α,β-unsaturated/α-hetero) is 1. The Morgan fingerprint density at radius 3 is 2.69 bits per heavy atom. The Bertz CT molecular complexity index is 1200. The molecule has 1 aliphatic carbocycles. The third kappa shape index (κ3) is 3.91. The van der Waals surface area contributed by atoms with Crippen LogP contribution in [-0.2, 0) is 10.5 Å². The largest absolute Gasteiger partial charge is 0.378 e. The van der Waals surface area contributed by atoms with E-state index in [1.165, 1.54) is 0 Å². The van der Waals surface area contributed by atoms with Gasteiger partial charge in [0.25, 0.3) is 0 Å². The molecule has 0 spiro atoms. The van der Waals surface area contributed by atoms with Gasteiger partial charge in [-0.2, -0.15) is 4.98 Å². The predicted octanol–water partition coefficient (Wildman–Crippen LogP) is 5.31. The zero-order valence-corrected chi connectivity index (χ0v) is 19.6. The molecular formula is C24H24ClN5OS. The van der Waals surface area contributed by atoms with E-state index in [9.17, 15) is 4.79 Å². The van der Waals surface area contributed by atoms with E-state index >= 15 is 0 Å². The van der Waals surface area contributed by atoms with Crippen molar-refractivity contribution in [3.8, 4) is 0 Å². The van der Waals surface area contributed by atoms with Gasteiger partial charge in [-0.1, -0.05) is 53.7 Å². The standard InChI is InChI=1S/C24H24ClN5OS/c1-29(2)17-12-10-15(11-13-17)22-21-19(8-5-9-20(21)31)26-23-27-24(28-30(22)23)32-14-16-6-3-4-7-18(16)25/h3-4,6-7,10-13,22H,5,8-9,14H2,1-2H3,(H,26,27,28). The fraction of sp³-hybridized carbons (Fsp3) is 0.292. The van der Waals surface area contributed by atoms with Crippen LogP contribution in [0.15, 0.2) is 65.0 Å². The number of halogens is 1. The van der Waals surface area contributed by atoms with Crippen molar-refractivity contribution < 1.29 is 4.79 Å². The molecule has 0 fully saturated rings. The highest BCUT2D eigenvalue weighted by molar-refractivity contribution is 7.98. The highest BCUT2D eigenvalue weighted by atomic mass is 35.5. The molecule has 164 valence electrons.